The van der Waals surface area contributed by atoms with Crippen molar-refractivity contribution >= 4 is 0 Å². The highest BCUT2D eigenvalue weighted by Gasteiger charge is 3.35. The second-order valence-corrected chi connectivity index (χ2v) is 31.7. The smallest absolute Gasteiger partial charge is 0.00932 e. The van der Waals surface area contributed by atoms with Gasteiger partial charge in [0.15, 0.2) is 0 Å². The molecule has 0 amide bonds. The van der Waals surface area contributed by atoms with Crippen LogP contribution in [0.1, 0.15) is 38.5 Å². The van der Waals surface area contributed by atoms with Gasteiger partial charge in [-0.15, -0.1) is 0 Å². The maximum atomic E-state index is 1.90. The van der Waals surface area contributed by atoms with Gasteiger partial charge in [0.05, 0.1) is 0 Å². The molecule has 31 saturated carbocycles. The molecule has 52 heavy (non-hydrogen) atoms. The fourth-order valence-electron chi connectivity index (χ4n) is 46.2. The number of hydrogen-bond donors (Lipinski definition) is 0. The lowest BCUT2D eigenvalue weighted by atomic mass is 8.69. The molecule has 252 valence electrons. The fourth-order valence-corrected chi connectivity index (χ4v) is 46.2. The first-order valence-corrected chi connectivity index (χ1v) is 25.8. The van der Waals surface area contributed by atoms with E-state index >= 15 is 0 Å². The Morgan fingerprint density at radius 2 is 0.654 bits per heavy atom. The van der Waals surface area contributed by atoms with Crippen molar-refractivity contribution in [1.82, 2.24) is 0 Å². The molecule has 31 fully saturated rings. The first-order chi connectivity index (χ1) is 25.8. The summed E-state index contributed by atoms with van der Waals surface area (Å²) in [6.45, 7) is 0. The summed E-state index contributed by atoms with van der Waals surface area (Å²) in [5.41, 5.74) is 15.0. The van der Waals surface area contributed by atoms with Gasteiger partial charge in [-0.05, 0) is 304 Å². The molecule has 14 spiro atoms. The number of hydrogen-bond acceptors (Lipinski definition) is 0. The standard InChI is InChI=1S/C52H44/c1-7-2-12-20-28-34-31-24-23-16-9(17-25-32-26-18-10(1)40(7,12)44(18,20)48(26,28)51(32,34)47(25,31)43(16,17)24)6-39(23)15-5-14-22-30-33-27-19-11-3-8-4-13-21-29-35-36-37-38(39)42(14,15)46(22,37)50(30,36)52(33,35)49(27,29)45(19,21)41(8,11)13/h7-38H,1-6H2. The van der Waals surface area contributed by atoms with Crippen LogP contribution in [0, 0.1) is 265 Å². The Bertz CT molecular complexity index is 2800. The SMILES string of the molecule is C1C2CC3C4C5C6C7C8C9C%10C(CC9%11C9CC%12C%13C%14C%15C%16C%17C%18CC%19CC%20C%21C%22C%23C%24C%25C%11C%129C%13%25C%14%24C%15%23C%16%22C%17%21C%19%18%20)C9C%11C%12C%13C%14C1C23C%144C%135C%126C%117C%1098. The van der Waals surface area contributed by atoms with E-state index in [-0.39, 0.29) is 0 Å². The summed E-state index contributed by atoms with van der Waals surface area (Å²) in [6.07, 6.45) is 10.8. The zero-order valence-electron chi connectivity index (χ0n) is 29.7. The third-order valence-corrected chi connectivity index (χ3v) is 39.8. The monoisotopic (exact) mass is 668 g/mol. The van der Waals surface area contributed by atoms with Gasteiger partial charge in [0, 0.05) is 0 Å². The van der Waals surface area contributed by atoms with E-state index in [4.69, 9.17) is 0 Å². The highest BCUT2D eigenvalue weighted by atomic mass is 15.4. The zero-order valence-corrected chi connectivity index (χ0v) is 29.7. The van der Waals surface area contributed by atoms with Crippen LogP contribution in [-0.2, 0) is 0 Å². The van der Waals surface area contributed by atoms with Gasteiger partial charge in [-0.2, -0.15) is 0 Å². The van der Waals surface area contributed by atoms with Crippen LogP contribution in [0.5, 0.6) is 0 Å². The number of fused-ring (bicyclic) bond motifs is 27. The Morgan fingerprint density at radius 3 is 1.19 bits per heavy atom. The molecule has 31 rings (SSSR count). The Balaban J connectivity index is 0.613. The van der Waals surface area contributed by atoms with Gasteiger partial charge in [-0.3, -0.25) is 0 Å². The molecule has 0 heterocycles. The van der Waals surface area contributed by atoms with Crippen LogP contribution in [0.3, 0.4) is 0 Å². The fraction of sp³-hybridized carbons (Fsp3) is 1.00. The van der Waals surface area contributed by atoms with Crippen LogP contribution in [0.4, 0.5) is 0 Å². The van der Waals surface area contributed by atoms with E-state index in [0.717, 1.165) is 75.8 Å². The second kappa shape index (κ2) is 3.69. The average Bonchev–Trinajstić information content (AvgIpc) is 3.22. The van der Waals surface area contributed by atoms with Crippen molar-refractivity contribution < 1.29 is 0 Å². The normalized spacial score (nSPS) is 121. The van der Waals surface area contributed by atoms with Gasteiger partial charge >= 0.3 is 0 Å². The van der Waals surface area contributed by atoms with Gasteiger partial charge in [0.2, 0.25) is 0 Å². The molecular formula is C52H44. The van der Waals surface area contributed by atoms with Gasteiger partial charge < -0.3 is 0 Å². The highest BCUT2D eigenvalue weighted by Crippen LogP contribution is 3.37. The summed E-state index contributed by atoms with van der Waals surface area (Å²) in [4.78, 5) is 0. The quantitative estimate of drug-likeness (QED) is 0.286. The molecule has 46 unspecified atom stereocenters. The van der Waals surface area contributed by atoms with Crippen LogP contribution >= 0.6 is 0 Å². The summed E-state index contributed by atoms with van der Waals surface area (Å²) in [7, 11) is 0. The van der Waals surface area contributed by atoms with Crippen LogP contribution in [0.15, 0.2) is 0 Å². The van der Waals surface area contributed by atoms with E-state index in [0.29, 0.717) is 0 Å². The lowest BCUT2D eigenvalue weighted by molar-refractivity contribution is -0.886. The summed E-state index contributed by atoms with van der Waals surface area (Å²) in [5.74, 6) is 43.4. The Labute approximate surface area is 302 Å². The maximum absolute atomic E-state index is 1.90. The maximum Gasteiger partial charge on any atom is -0.00932 e. The van der Waals surface area contributed by atoms with Crippen molar-refractivity contribution in [2.75, 3.05) is 0 Å². The molecule has 0 N–H and O–H groups in total. The Hall–Kier alpha value is 0. The van der Waals surface area contributed by atoms with Gasteiger partial charge in [-0.25, -0.2) is 0 Å². The van der Waals surface area contributed by atoms with Crippen LogP contribution in [-0.4, -0.2) is 0 Å². The van der Waals surface area contributed by atoms with E-state index in [1.54, 1.807) is 25.7 Å². The van der Waals surface area contributed by atoms with Crippen molar-refractivity contribution in [3.63, 3.8) is 0 Å². The van der Waals surface area contributed by atoms with Crippen molar-refractivity contribution in [1.29, 1.82) is 0 Å². The topological polar surface area (TPSA) is 0 Å². The molecule has 31 aliphatic carbocycles. The third-order valence-electron chi connectivity index (χ3n) is 39.8. The average molecular weight is 669 g/mol. The minimum atomic E-state index is 0.989. The van der Waals surface area contributed by atoms with E-state index in [9.17, 15) is 0 Å². The van der Waals surface area contributed by atoms with Gasteiger partial charge in [-0.1, -0.05) is 0 Å². The molecule has 0 bridgehead atoms. The summed E-state index contributed by atoms with van der Waals surface area (Å²) < 4.78 is 0. The summed E-state index contributed by atoms with van der Waals surface area (Å²) in [6, 6.07) is 0. The molecule has 0 nitrogen and oxygen atoms in total. The zero-order chi connectivity index (χ0) is 29.7. The molecular weight excluding hydrogens is 625 g/mol. The van der Waals surface area contributed by atoms with Crippen molar-refractivity contribution in [3.8, 4) is 0 Å². The van der Waals surface area contributed by atoms with E-state index in [1.165, 1.54) is 189 Å². The van der Waals surface area contributed by atoms with Crippen LogP contribution < -0.4 is 0 Å². The third kappa shape index (κ3) is 0.662. The molecule has 0 aromatic heterocycles. The van der Waals surface area contributed by atoms with Crippen molar-refractivity contribution in [2.24, 2.45) is 265 Å². The largest absolute Gasteiger partial charge is 0.0461 e. The highest BCUT2D eigenvalue weighted by molar-refractivity contribution is 5.80. The Kier molecular flexibility index (Phi) is 1.43. The first kappa shape index (κ1) is 20.1. The molecule has 0 aromatic rings. The summed E-state index contributed by atoms with van der Waals surface area (Å²) >= 11 is 0. The van der Waals surface area contributed by atoms with Crippen molar-refractivity contribution in [2.45, 2.75) is 38.5 Å². The minimum Gasteiger partial charge on any atom is -0.0461 e. The molecule has 31 aliphatic rings. The van der Waals surface area contributed by atoms with E-state index in [1.807, 2.05) is 12.8 Å². The first-order valence-electron chi connectivity index (χ1n) is 25.8. The summed E-state index contributed by atoms with van der Waals surface area (Å²) in [5, 5.41) is 0. The predicted molar refractivity (Wildman–Crippen MR) is 173 cm³/mol. The van der Waals surface area contributed by atoms with E-state index in [2.05, 4.69) is 0 Å². The molecule has 0 radical (unpaired) electrons. The van der Waals surface area contributed by atoms with Gasteiger partial charge in [0.25, 0.3) is 0 Å². The van der Waals surface area contributed by atoms with E-state index < -0.39 is 0 Å². The molecule has 0 heteroatoms. The molecule has 0 aromatic carbocycles. The van der Waals surface area contributed by atoms with Crippen LogP contribution in [0.2, 0.25) is 0 Å². The lowest BCUT2D eigenvalue weighted by Gasteiger charge is -3.34. The Morgan fingerprint density at radius 1 is 0.269 bits per heavy atom. The lowest BCUT2D eigenvalue weighted by Crippen LogP contribution is -3.32. The minimum absolute atomic E-state index is 0.989. The van der Waals surface area contributed by atoms with Crippen molar-refractivity contribution in [3.05, 3.63) is 0 Å². The second-order valence-electron chi connectivity index (χ2n) is 31.7. The predicted octanol–water partition coefficient (Wildman–Crippen LogP) is 6.28. The van der Waals surface area contributed by atoms with Crippen LogP contribution in [0.25, 0.3) is 0 Å². The number of rotatable bonds is 0. The molecule has 0 saturated heterocycles. The molecule has 0 aliphatic heterocycles. The molecule has 46 atom stereocenters. The van der Waals surface area contributed by atoms with Gasteiger partial charge in [0.1, 0.15) is 0 Å².